The first-order chi connectivity index (χ1) is 16.4. The third kappa shape index (κ3) is 4.21. The standard InChI is InChI=1S/C26H25FN4O2S/c1-16-5-9-20(10-6-16)31-25(33)23-22(11-13-34-23)29-26(31)30-12-3-4-18(15-30)24(32)28-19-8-7-17(2)21(27)14-19/h5-11,13-14,18H,3-4,12,15H2,1-2H3,(H,28,32)/t18-/m1/s1. The number of benzene rings is 2. The molecule has 4 aromatic rings. The summed E-state index contributed by atoms with van der Waals surface area (Å²) in [6.07, 6.45) is 1.50. The first-order valence-corrected chi connectivity index (χ1v) is 12.2. The van der Waals surface area contributed by atoms with Crippen molar-refractivity contribution < 1.29 is 9.18 Å². The van der Waals surface area contributed by atoms with Crippen LogP contribution in [-0.2, 0) is 4.79 Å². The average Bonchev–Trinajstić information content (AvgIpc) is 3.31. The van der Waals surface area contributed by atoms with Crippen molar-refractivity contribution in [2.24, 2.45) is 5.92 Å². The van der Waals surface area contributed by atoms with Crippen molar-refractivity contribution in [2.75, 3.05) is 23.3 Å². The van der Waals surface area contributed by atoms with E-state index >= 15 is 0 Å². The maximum absolute atomic E-state index is 13.9. The maximum Gasteiger partial charge on any atom is 0.277 e. The van der Waals surface area contributed by atoms with Gasteiger partial charge in [-0.15, -0.1) is 11.3 Å². The summed E-state index contributed by atoms with van der Waals surface area (Å²) >= 11 is 1.38. The van der Waals surface area contributed by atoms with E-state index in [-0.39, 0.29) is 23.2 Å². The molecule has 174 valence electrons. The number of hydrogen-bond acceptors (Lipinski definition) is 5. The molecule has 34 heavy (non-hydrogen) atoms. The van der Waals surface area contributed by atoms with Crippen molar-refractivity contribution in [3.8, 4) is 5.69 Å². The molecule has 0 saturated carbocycles. The van der Waals surface area contributed by atoms with Gasteiger partial charge >= 0.3 is 0 Å². The highest BCUT2D eigenvalue weighted by molar-refractivity contribution is 7.17. The molecule has 3 heterocycles. The van der Waals surface area contributed by atoms with Crippen molar-refractivity contribution in [1.29, 1.82) is 0 Å². The van der Waals surface area contributed by atoms with Gasteiger partial charge in [0.05, 0.1) is 17.1 Å². The molecule has 0 unspecified atom stereocenters. The van der Waals surface area contributed by atoms with Crippen LogP contribution in [0.25, 0.3) is 15.9 Å². The molecule has 1 amide bonds. The quantitative estimate of drug-likeness (QED) is 0.447. The van der Waals surface area contributed by atoms with Crippen LogP contribution in [0.15, 0.2) is 58.7 Å². The van der Waals surface area contributed by atoms with Crippen LogP contribution < -0.4 is 15.8 Å². The molecule has 2 aromatic carbocycles. The van der Waals surface area contributed by atoms with Crippen LogP contribution in [-0.4, -0.2) is 28.5 Å². The van der Waals surface area contributed by atoms with E-state index in [1.54, 1.807) is 23.6 Å². The highest BCUT2D eigenvalue weighted by atomic mass is 32.1. The van der Waals surface area contributed by atoms with Gasteiger partial charge < -0.3 is 10.2 Å². The normalized spacial score (nSPS) is 16.1. The fraction of sp³-hybridized carbons (Fsp3) is 0.269. The van der Waals surface area contributed by atoms with Gasteiger partial charge in [0.1, 0.15) is 10.5 Å². The largest absolute Gasteiger partial charge is 0.341 e. The molecule has 0 bridgehead atoms. The summed E-state index contributed by atoms with van der Waals surface area (Å²) in [7, 11) is 0. The number of piperidine rings is 1. The molecule has 2 aromatic heterocycles. The molecule has 5 rings (SSSR count). The zero-order valence-corrected chi connectivity index (χ0v) is 19.9. The van der Waals surface area contributed by atoms with Crippen LogP contribution in [0.1, 0.15) is 24.0 Å². The van der Waals surface area contributed by atoms with E-state index in [0.29, 0.717) is 46.9 Å². The number of aromatic nitrogens is 2. The predicted octanol–water partition coefficient (Wildman–Crippen LogP) is 5.06. The van der Waals surface area contributed by atoms with Gasteiger partial charge in [-0.3, -0.25) is 9.59 Å². The van der Waals surface area contributed by atoms with Crippen molar-refractivity contribution in [3.63, 3.8) is 0 Å². The number of carbonyl (C=O) groups is 1. The summed E-state index contributed by atoms with van der Waals surface area (Å²) < 4.78 is 16.2. The second kappa shape index (κ2) is 9.02. The fourth-order valence-corrected chi connectivity index (χ4v) is 5.09. The summed E-state index contributed by atoms with van der Waals surface area (Å²) in [6, 6.07) is 14.3. The fourth-order valence-electron chi connectivity index (χ4n) is 4.33. The van der Waals surface area contributed by atoms with Gasteiger partial charge in [-0.2, -0.15) is 0 Å². The van der Waals surface area contributed by atoms with Crippen molar-refractivity contribution in [2.45, 2.75) is 26.7 Å². The number of rotatable bonds is 4. The van der Waals surface area contributed by atoms with Crippen molar-refractivity contribution >= 4 is 39.1 Å². The summed E-state index contributed by atoms with van der Waals surface area (Å²) in [5.74, 6) is -0.273. The van der Waals surface area contributed by atoms with Gasteiger partial charge in [0, 0.05) is 18.8 Å². The van der Waals surface area contributed by atoms with Gasteiger partial charge in [-0.05, 0) is 68.0 Å². The second-order valence-electron chi connectivity index (χ2n) is 8.76. The number of anilines is 2. The summed E-state index contributed by atoms with van der Waals surface area (Å²) in [5.41, 5.74) is 3.38. The molecular formula is C26H25FN4O2S. The van der Waals surface area contributed by atoms with Crippen LogP contribution in [0.4, 0.5) is 16.0 Å². The van der Waals surface area contributed by atoms with E-state index in [1.165, 1.54) is 17.4 Å². The third-order valence-electron chi connectivity index (χ3n) is 6.27. The molecule has 1 aliphatic heterocycles. The Balaban J connectivity index is 1.47. The number of amides is 1. The van der Waals surface area contributed by atoms with Crippen LogP contribution >= 0.6 is 11.3 Å². The molecule has 1 aliphatic rings. The van der Waals surface area contributed by atoms with E-state index < -0.39 is 0 Å². The number of carbonyl (C=O) groups excluding carboxylic acids is 1. The lowest BCUT2D eigenvalue weighted by Gasteiger charge is -2.34. The van der Waals surface area contributed by atoms with Crippen LogP contribution in [0.3, 0.4) is 0 Å². The lowest BCUT2D eigenvalue weighted by Crippen LogP contribution is -2.43. The Bertz CT molecular complexity index is 1430. The molecule has 1 fully saturated rings. The average molecular weight is 477 g/mol. The lowest BCUT2D eigenvalue weighted by atomic mass is 9.97. The number of hydrogen-bond donors (Lipinski definition) is 1. The monoisotopic (exact) mass is 476 g/mol. The Kier molecular flexibility index (Phi) is 5.91. The first-order valence-electron chi connectivity index (χ1n) is 11.3. The van der Waals surface area contributed by atoms with E-state index in [4.69, 9.17) is 4.98 Å². The van der Waals surface area contributed by atoms with Gasteiger partial charge in [0.25, 0.3) is 5.56 Å². The Hall–Kier alpha value is -3.52. The summed E-state index contributed by atoms with van der Waals surface area (Å²) in [4.78, 5) is 33.3. The minimum atomic E-state index is -0.349. The first kappa shape index (κ1) is 22.3. The Morgan fingerprint density at radius 2 is 1.94 bits per heavy atom. The SMILES string of the molecule is Cc1ccc(-n2c(N3CCC[C@@H](C(=O)Nc4ccc(C)c(F)c4)C3)nc3ccsc3c2=O)cc1. The lowest BCUT2D eigenvalue weighted by molar-refractivity contribution is -0.120. The molecule has 0 spiro atoms. The Morgan fingerprint density at radius 3 is 2.71 bits per heavy atom. The van der Waals surface area contributed by atoms with Crippen LogP contribution in [0.5, 0.6) is 0 Å². The number of aryl methyl sites for hydroxylation is 2. The minimum Gasteiger partial charge on any atom is -0.341 e. The van der Waals surface area contributed by atoms with Crippen molar-refractivity contribution in [3.05, 3.63) is 81.2 Å². The number of halogens is 1. The maximum atomic E-state index is 13.9. The number of nitrogens with one attached hydrogen (secondary N) is 1. The molecule has 1 N–H and O–H groups in total. The number of thiophene rings is 1. The predicted molar refractivity (Wildman–Crippen MR) is 135 cm³/mol. The van der Waals surface area contributed by atoms with Gasteiger partial charge in [-0.1, -0.05) is 23.8 Å². The van der Waals surface area contributed by atoms with E-state index in [0.717, 1.165) is 17.7 Å². The number of fused-ring (bicyclic) bond motifs is 1. The molecule has 1 saturated heterocycles. The molecule has 0 aliphatic carbocycles. The van der Waals surface area contributed by atoms with E-state index in [9.17, 15) is 14.0 Å². The molecular weight excluding hydrogens is 451 g/mol. The highest BCUT2D eigenvalue weighted by Gasteiger charge is 2.29. The molecule has 8 heteroatoms. The third-order valence-corrected chi connectivity index (χ3v) is 7.16. The zero-order chi connectivity index (χ0) is 23.8. The smallest absolute Gasteiger partial charge is 0.277 e. The second-order valence-corrected chi connectivity index (χ2v) is 9.68. The topological polar surface area (TPSA) is 67.2 Å². The minimum absolute atomic E-state index is 0.111. The zero-order valence-electron chi connectivity index (χ0n) is 19.0. The molecule has 0 radical (unpaired) electrons. The molecule has 6 nitrogen and oxygen atoms in total. The van der Waals surface area contributed by atoms with Crippen LogP contribution in [0.2, 0.25) is 0 Å². The number of nitrogens with zero attached hydrogens (tertiary/aromatic N) is 3. The summed E-state index contributed by atoms with van der Waals surface area (Å²) in [5, 5.41) is 4.72. The van der Waals surface area contributed by atoms with Crippen LogP contribution in [0, 0.1) is 25.6 Å². The van der Waals surface area contributed by atoms with E-state index in [1.807, 2.05) is 47.5 Å². The van der Waals surface area contributed by atoms with Gasteiger partial charge in [0.15, 0.2) is 0 Å². The summed E-state index contributed by atoms with van der Waals surface area (Å²) in [6.45, 7) is 4.80. The highest BCUT2D eigenvalue weighted by Crippen LogP contribution is 2.27. The Morgan fingerprint density at radius 1 is 1.15 bits per heavy atom. The molecule has 1 atom stereocenters. The van der Waals surface area contributed by atoms with Gasteiger partial charge in [0.2, 0.25) is 11.9 Å². The van der Waals surface area contributed by atoms with Gasteiger partial charge in [-0.25, -0.2) is 13.9 Å². The van der Waals surface area contributed by atoms with Crippen molar-refractivity contribution in [1.82, 2.24) is 9.55 Å². The Labute approximate surface area is 200 Å². The van der Waals surface area contributed by atoms with E-state index in [2.05, 4.69) is 5.32 Å².